The first-order chi connectivity index (χ1) is 5.54. The van der Waals surface area contributed by atoms with Crippen LogP contribution in [0.1, 0.15) is 27.7 Å². The monoisotopic (exact) mass is 166 g/mol. The van der Waals surface area contributed by atoms with Crippen LogP contribution in [-0.4, -0.2) is 6.72 Å². The Morgan fingerprint density at radius 3 is 2.25 bits per heavy atom. The van der Waals surface area contributed by atoms with E-state index in [-0.39, 0.29) is 0 Å². The molecule has 12 heavy (non-hydrogen) atoms. The Bertz CT molecular complexity index is 222. The Balaban J connectivity index is 4.97. The Labute approximate surface area is 74.9 Å². The molecule has 0 aliphatic heterocycles. The Kier molecular flexibility index (Phi) is 4.34. The van der Waals surface area contributed by atoms with Crippen molar-refractivity contribution in [3.05, 3.63) is 23.0 Å². The number of nitrogens with two attached hydrogens (primary N) is 1. The zero-order chi connectivity index (χ0) is 9.72. The summed E-state index contributed by atoms with van der Waals surface area (Å²) in [5, 5.41) is 0. The lowest BCUT2D eigenvalue weighted by Crippen LogP contribution is -2.06. The van der Waals surface area contributed by atoms with Crippen LogP contribution < -0.4 is 5.73 Å². The van der Waals surface area contributed by atoms with Gasteiger partial charge in [0.1, 0.15) is 0 Å². The van der Waals surface area contributed by atoms with Gasteiger partial charge in [-0.3, -0.25) is 4.99 Å². The van der Waals surface area contributed by atoms with Gasteiger partial charge >= 0.3 is 0 Å². The summed E-state index contributed by atoms with van der Waals surface area (Å²) in [7, 11) is 0. The molecule has 0 amide bonds. The van der Waals surface area contributed by atoms with E-state index in [1.165, 1.54) is 0 Å². The standard InChI is InChI=1S/C10H18N2/c1-6-8(4)9(11)10(12-5)7(2)3/h6-7H,5,11H2,1-4H3/b8-6-,10-9+. The van der Waals surface area contributed by atoms with Crippen LogP contribution >= 0.6 is 0 Å². The highest BCUT2D eigenvalue weighted by Gasteiger charge is 2.06. The maximum Gasteiger partial charge on any atom is 0.0653 e. The van der Waals surface area contributed by atoms with Crippen LogP contribution in [0.2, 0.25) is 0 Å². The van der Waals surface area contributed by atoms with Crippen LogP contribution in [0.3, 0.4) is 0 Å². The molecule has 2 N–H and O–H groups in total. The van der Waals surface area contributed by atoms with Crippen molar-refractivity contribution in [2.45, 2.75) is 27.7 Å². The molecule has 0 aliphatic rings. The summed E-state index contributed by atoms with van der Waals surface area (Å²) in [6, 6.07) is 0. The number of allylic oxidation sites excluding steroid dienone is 3. The topological polar surface area (TPSA) is 38.4 Å². The zero-order valence-corrected chi connectivity index (χ0v) is 8.39. The van der Waals surface area contributed by atoms with E-state index in [2.05, 4.69) is 25.6 Å². The molecule has 0 atom stereocenters. The normalized spacial score (nSPS) is 14.6. The Morgan fingerprint density at radius 1 is 1.50 bits per heavy atom. The van der Waals surface area contributed by atoms with E-state index in [9.17, 15) is 0 Å². The average Bonchev–Trinajstić information content (AvgIpc) is 2.03. The van der Waals surface area contributed by atoms with Crippen molar-refractivity contribution in [2.75, 3.05) is 0 Å². The molecule has 0 aromatic carbocycles. The highest BCUT2D eigenvalue weighted by molar-refractivity contribution is 5.37. The van der Waals surface area contributed by atoms with Crippen molar-refractivity contribution < 1.29 is 0 Å². The molecule has 0 heterocycles. The third-order valence-corrected chi connectivity index (χ3v) is 1.85. The highest BCUT2D eigenvalue weighted by atomic mass is 14.8. The second-order valence-corrected chi connectivity index (χ2v) is 3.08. The van der Waals surface area contributed by atoms with E-state index in [0.717, 1.165) is 17.0 Å². The second kappa shape index (κ2) is 4.75. The Hall–Kier alpha value is -1.05. The van der Waals surface area contributed by atoms with E-state index >= 15 is 0 Å². The van der Waals surface area contributed by atoms with Crippen molar-refractivity contribution >= 4 is 6.72 Å². The van der Waals surface area contributed by atoms with Gasteiger partial charge in [-0.2, -0.15) is 0 Å². The molecule has 0 aromatic rings. The summed E-state index contributed by atoms with van der Waals surface area (Å²) in [4.78, 5) is 3.92. The summed E-state index contributed by atoms with van der Waals surface area (Å²) in [5.41, 5.74) is 8.55. The van der Waals surface area contributed by atoms with Crippen LogP contribution in [0.15, 0.2) is 28.0 Å². The molecule has 0 aliphatic carbocycles. The molecule has 0 bridgehead atoms. The van der Waals surface area contributed by atoms with Gasteiger partial charge in [0.2, 0.25) is 0 Å². The van der Waals surface area contributed by atoms with Gasteiger partial charge in [0.25, 0.3) is 0 Å². The maximum absolute atomic E-state index is 5.86. The lowest BCUT2D eigenvalue weighted by atomic mass is 10.1. The second-order valence-electron chi connectivity index (χ2n) is 3.08. The van der Waals surface area contributed by atoms with Crippen molar-refractivity contribution in [1.82, 2.24) is 0 Å². The van der Waals surface area contributed by atoms with E-state index in [1.54, 1.807) is 0 Å². The van der Waals surface area contributed by atoms with Gasteiger partial charge in [0, 0.05) is 0 Å². The van der Waals surface area contributed by atoms with Gasteiger partial charge in [0.15, 0.2) is 0 Å². The third kappa shape index (κ3) is 2.53. The van der Waals surface area contributed by atoms with Crippen molar-refractivity contribution in [1.29, 1.82) is 0 Å². The van der Waals surface area contributed by atoms with E-state index in [0.29, 0.717) is 5.92 Å². The summed E-state index contributed by atoms with van der Waals surface area (Å²) in [6.45, 7) is 11.6. The maximum atomic E-state index is 5.86. The fourth-order valence-electron chi connectivity index (χ4n) is 0.936. The highest BCUT2D eigenvalue weighted by Crippen LogP contribution is 2.17. The third-order valence-electron chi connectivity index (χ3n) is 1.85. The number of nitrogens with zero attached hydrogens (tertiary/aromatic N) is 1. The number of hydrogen-bond acceptors (Lipinski definition) is 2. The minimum absolute atomic E-state index is 0.331. The molecule has 0 spiro atoms. The average molecular weight is 166 g/mol. The lowest BCUT2D eigenvalue weighted by molar-refractivity contribution is 0.746. The van der Waals surface area contributed by atoms with Gasteiger partial charge in [-0.15, -0.1) is 0 Å². The minimum Gasteiger partial charge on any atom is -0.397 e. The summed E-state index contributed by atoms with van der Waals surface area (Å²) < 4.78 is 0. The Morgan fingerprint density at radius 2 is 2.00 bits per heavy atom. The molecule has 2 heteroatoms. The van der Waals surface area contributed by atoms with Gasteiger partial charge < -0.3 is 5.73 Å². The summed E-state index contributed by atoms with van der Waals surface area (Å²) >= 11 is 0. The molecule has 68 valence electrons. The molecule has 0 saturated heterocycles. The molecule has 0 aromatic heterocycles. The molecule has 0 unspecified atom stereocenters. The predicted molar refractivity (Wildman–Crippen MR) is 55.0 cm³/mol. The lowest BCUT2D eigenvalue weighted by Gasteiger charge is -2.10. The minimum atomic E-state index is 0.331. The molecule has 0 rings (SSSR count). The largest absolute Gasteiger partial charge is 0.397 e. The SMILES string of the molecule is C=N/C(=C(N)\C(C)=C/C)C(C)C. The molecular weight excluding hydrogens is 148 g/mol. The van der Waals surface area contributed by atoms with E-state index in [4.69, 9.17) is 5.73 Å². The fraction of sp³-hybridized carbons (Fsp3) is 0.500. The predicted octanol–water partition coefficient (Wildman–Crippen LogP) is 2.48. The fourth-order valence-corrected chi connectivity index (χ4v) is 0.936. The van der Waals surface area contributed by atoms with Crippen molar-refractivity contribution in [3.63, 3.8) is 0 Å². The van der Waals surface area contributed by atoms with Crippen LogP contribution in [0, 0.1) is 5.92 Å². The van der Waals surface area contributed by atoms with E-state index < -0.39 is 0 Å². The van der Waals surface area contributed by atoms with Gasteiger partial charge in [0.05, 0.1) is 11.4 Å². The molecule has 0 fully saturated rings. The van der Waals surface area contributed by atoms with Crippen LogP contribution in [0.4, 0.5) is 0 Å². The van der Waals surface area contributed by atoms with Crippen LogP contribution in [-0.2, 0) is 0 Å². The van der Waals surface area contributed by atoms with Crippen molar-refractivity contribution in [3.8, 4) is 0 Å². The molecule has 2 nitrogen and oxygen atoms in total. The van der Waals surface area contributed by atoms with Crippen molar-refractivity contribution in [2.24, 2.45) is 16.6 Å². The van der Waals surface area contributed by atoms with Crippen LogP contribution in [0.5, 0.6) is 0 Å². The number of aliphatic imine (C=N–C) groups is 1. The molecule has 0 saturated carbocycles. The first-order valence-corrected chi connectivity index (χ1v) is 4.14. The number of rotatable bonds is 3. The van der Waals surface area contributed by atoms with Gasteiger partial charge in [-0.25, -0.2) is 0 Å². The quantitative estimate of drug-likeness (QED) is 0.507. The summed E-state index contributed by atoms with van der Waals surface area (Å²) in [6.07, 6.45) is 1.98. The first-order valence-electron chi connectivity index (χ1n) is 4.14. The molecular formula is C10H18N2. The molecule has 0 radical (unpaired) electrons. The van der Waals surface area contributed by atoms with Gasteiger partial charge in [-0.05, 0) is 32.1 Å². The first kappa shape index (κ1) is 11.0. The smallest absolute Gasteiger partial charge is 0.0653 e. The van der Waals surface area contributed by atoms with Gasteiger partial charge in [-0.1, -0.05) is 19.9 Å². The summed E-state index contributed by atoms with van der Waals surface area (Å²) in [5.74, 6) is 0.331. The zero-order valence-electron chi connectivity index (χ0n) is 8.39. The van der Waals surface area contributed by atoms with E-state index in [1.807, 2.05) is 19.9 Å². The number of hydrogen-bond donors (Lipinski definition) is 1. The van der Waals surface area contributed by atoms with Crippen LogP contribution in [0.25, 0.3) is 0 Å².